The first kappa shape index (κ1) is 12.1. The van der Waals surface area contributed by atoms with Crippen LogP contribution < -0.4 is 5.73 Å². The van der Waals surface area contributed by atoms with E-state index in [0.29, 0.717) is 6.54 Å². The van der Waals surface area contributed by atoms with Crippen LogP contribution in [-0.4, -0.2) is 14.7 Å². The molecule has 2 N–H and O–H groups in total. The Kier molecular flexibility index (Phi) is 3.16. The summed E-state index contributed by atoms with van der Waals surface area (Å²) in [5.41, 5.74) is 5.49. The Morgan fingerprint density at radius 1 is 1.71 bits per heavy atom. The van der Waals surface area contributed by atoms with Gasteiger partial charge in [-0.05, 0) is 28.9 Å². The van der Waals surface area contributed by atoms with Gasteiger partial charge < -0.3 is 5.73 Å². The van der Waals surface area contributed by atoms with Gasteiger partial charge in [0.25, 0.3) is 0 Å². The minimum Gasteiger partial charge on any atom is -0.378 e. The normalized spacial score (nSPS) is 10.7. The molecule has 8 heteroatoms. The van der Waals surface area contributed by atoms with Crippen LogP contribution in [0, 0.1) is 17.0 Å². The van der Waals surface area contributed by atoms with Crippen LogP contribution in [0.5, 0.6) is 0 Å². The van der Waals surface area contributed by atoms with Gasteiger partial charge in [0.05, 0.1) is 11.5 Å². The molecule has 0 radical (unpaired) electrons. The molecule has 0 amide bonds. The monoisotopic (exact) mass is 316 g/mol. The molecule has 0 aliphatic carbocycles. The molecular weight excluding hydrogens is 308 g/mol. The fraction of sp³-hybridized carbons (Fsp3) is 0.222. The van der Waals surface area contributed by atoms with Crippen LogP contribution in [0.25, 0.3) is 0 Å². The van der Waals surface area contributed by atoms with Crippen molar-refractivity contribution in [3.63, 3.8) is 0 Å². The van der Waals surface area contributed by atoms with E-state index in [9.17, 15) is 10.1 Å². The highest BCUT2D eigenvalue weighted by molar-refractivity contribution is 9.10. The number of hydrogen-bond donors (Lipinski definition) is 1. The van der Waals surface area contributed by atoms with Gasteiger partial charge in [-0.15, -0.1) is 11.3 Å². The Labute approximate surface area is 109 Å². The first-order valence-electron chi connectivity index (χ1n) is 4.69. The second kappa shape index (κ2) is 4.46. The van der Waals surface area contributed by atoms with E-state index in [2.05, 4.69) is 21.0 Å². The second-order valence-electron chi connectivity index (χ2n) is 3.45. The van der Waals surface area contributed by atoms with E-state index in [1.165, 1.54) is 10.9 Å². The number of aryl methyl sites for hydroxylation is 1. The standard InChI is InChI=1S/C9H9BrN4O2S/c1-5-7(10)2-6(17-5)4-13-9(11)8(3-12-13)14(15)16/h2-3H,4,11H2,1H3. The number of anilines is 1. The van der Waals surface area contributed by atoms with E-state index in [1.54, 1.807) is 11.3 Å². The van der Waals surface area contributed by atoms with E-state index in [4.69, 9.17) is 5.73 Å². The van der Waals surface area contributed by atoms with Crippen molar-refractivity contribution in [1.82, 2.24) is 9.78 Å². The molecule has 0 saturated heterocycles. The van der Waals surface area contributed by atoms with Crippen molar-refractivity contribution < 1.29 is 4.92 Å². The molecule has 0 aromatic carbocycles. The smallest absolute Gasteiger partial charge is 0.330 e. The molecule has 17 heavy (non-hydrogen) atoms. The van der Waals surface area contributed by atoms with Crippen molar-refractivity contribution >= 4 is 38.8 Å². The topological polar surface area (TPSA) is 87.0 Å². The summed E-state index contributed by atoms with van der Waals surface area (Å²) in [6, 6.07) is 1.97. The number of nitrogens with zero attached hydrogens (tertiary/aromatic N) is 3. The van der Waals surface area contributed by atoms with Gasteiger partial charge in [-0.1, -0.05) is 0 Å². The second-order valence-corrected chi connectivity index (χ2v) is 5.64. The molecule has 2 heterocycles. The fourth-order valence-corrected chi connectivity index (χ4v) is 2.98. The number of nitrogen functional groups attached to an aromatic ring is 1. The summed E-state index contributed by atoms with van der Waals surface area (Å²) in [6.45, 7) is 2.43. The van der Waals surface area contributed by atoms with Crippen LogP contribution in [0.1, 0.15) is 9.75 Å². The van der Waals surface area contributed by atoms with Crippen LogP contribution >= 0.6 is 27.3 Å². The molecule has 0 atom stereocenters. The summed E-state index contributed by atoms with van der Waals surface area (Å²) in [5, 5.41) is 14.5. The lowest BCUT2D eigenvalue weighted by atomic mass is 10.4. The first-order valence-corrected chi connectivity index (χ1v) is 6.30. The highest BCUT2D eigenvalue weighted by atomic mass is 79.9. The summed E-state index contributed by atoms with van der Waals surface area (Å²) < 4.78 is 2.45. The average Bonchev–Trinajstić information content (AvgIpc) is 2.74. The van der Waals surface area contributed by atoms with E-state index in [1.807, 2.05) is 13.0 Å². The van der Waals surface area contributed by atoms with E-state index in [0.717, 1.165) is 14.2 Å². The minimum atomic E-state index is -0.533. The van der Waals surface area contributed by atoms with Gasteiger partial charge in [-0.3, -0.25) is 10.1 Å². The summed E-state index contributed by atoms with van der Waals surface area (Å²) in [5.74, 6) is 0.0807. The molecule has 0 spiro atoms. The molecule has 0 aliphatic heterocycles. The largest absolute Gasteiger partial charge is 0.378 e. The molecular formula is C9H9BrN4O2S. The van der Waals surface area contributed by atoms with Crippen molar-refractivity contribution in [1.29, 1.82) is 0 Å². The summed E-state index contributed by atoms with van der Waals surface area (Å²) in [6.07, 6.45) is 1.17. The zero-order valence-electron chi connectivity index (χ0n) is 8.88. The number of nitro groups is 1. The van der Waals surface area contributed by atoms with E-state index in [-0.39, 0.29) is 11.5 Å². The fourth-order valence-electron chi connectivity index (χ4n) is 1.39. The lowest BCUT2D eigenvalue weighted by molar-refractivity contribution is -0.384. The van der Waals surface area contributed by atoms with Crippen LogP contribution in [0.3, 0.4) is 0 Å². The maximum absolute atomic E-state index is 10.6. The van der Waals surface area contributed by atoms with Gasteiger partial charge >= 0.3 is 5.69 Å². The van der Waals surface area contributed by atoms with Crippen molar-refractivity contribution in [2.75, 3.05) is 5.73 Å². The van der Waals surface area contributed by atoms with Crippen molar-refractivity contribution in [3.05, 3.63) is 36.6 Å². The Bertz CT molecular complexity index is 558. The number of thiophene rings is 1. The third-order valence-electron chi connectivity index (χ3n) is 2.27. The van der Waals surface area contributed by atoms with Gasteiger partial charge in [0, 0.05) is 14.2 Å². The van der Waals surface area contributed by atoms with Gasteiger partial charge in [0.15, 0.2) is 0 Å². The third kappa shape index (κ3) is 2.32. The summed E-state index contributed by atoms with van der Waals surface area (Å²) in [4.78, 5) is 12.3. The molecule has 0 unspecified atom stereocenters. The predicted octanol–water partition coefficient (Wildman–Crippen LogP) is 2.55. The lowest BCUT2D eigenvalue weighted by Gasteiger charge is -2.00. The van der Waals surface area contributed by atoms with Crippen molar-refractivity contribution in [3.8, 4) is 0 Å². The molecule has 90 valence electrons. The maximum Gasteiger partial charge on any atom is 0.330 e. The Balaban J connectivity index is 2.27. The molecule has 0 aliphatic rings. The number of rotatable bonds is 3. The molecule has 6 nitrogen and oxygen atoms in total. The predicted molar refractivity (Wildman–Crippen MR) is 69.2 cm³/mol. The Hall–Kier alpha value is -1.41. The first-order chi connectivity index (χ1) is 7.99. The van der Waals surface area contributed by atoms with Crippen LogP contribution in [0.2, 0.25) is 0 Å². The van der Waals surface area contributed by atoms with Crippen LogP contribution in [0.15, 0.2) is 16.7 Å². The molecule has 0 fully saturated rings. The molecule has 0 bridgehead atoms. The molecule has 0 saturated carbocycles. The Morgan fingerprint density at radius 3 is 2.88 bits per heavy atom. The highest BCUT2D eigenvalue weighted by Gasteiger charge is 2.18. The summed E-state index contributed by atoms with van der Waals surface area (Å²) >= 11 is 5.02. The average molecular weight is 317 g/mol. The summed E-state index contributed by atoms with van der Waals surface area (Å²) in [7, 11) is 0. The van der Waals surface area contributed by atoms with Crippen molar-refractivity contribution in [2.45, 2.75) is 13.5 Å². The van der Waals surface area contributed by atoms with Gasteiger partial charge in [0.1, 0.15) is 6.20 Å². The van der Waals surface area contributed by atoms with Gasteiger partial charge in [0.2, 0.25) is 5.82 Å². The number of halogens is 1. The SMILES string of the molecule is Cc1sc(Cn2ncc([N+](=O)[O-])c2N)cc1Br. The van der Waals surface area contributed by atoms with Crippen LogP contribution in [-0.2, 0) is 6.54 Å². The molecule has 2 rings (SSSR count). The van der Waals surface area contributed by atoms with Gasteiger partial charge in [-0.25, -0.2) is 4.68 Å². The third-order valence-corrected chi connectivity index (χ3v) is 4.39. The lowest BCUT2D eigenvalue weighted by Crippen LogP contribution is -2.05. The Morgan fingerprint density at radius 2 is 2.41 bits per heavy atom. The number of nitrogens with two attached hydrogens (primary N) is 1. The van der Waals surface area contributed by atoms with Crippen LogP contribution in [0.4, 0.5) is 11.5 Å². The molecule has 2 aromatic rings. The zero-order chi connectivity index (χ0) is 12.6. The maximum atomic E-state index is 10.6. The number of aromatic nitrogens is 2. The minimum absolute atomic E-state index is 0.0807. The highest BCUT2D eigenvalue weighted by Crippen LogP contribution is 2.28. The number of hydrogen-bond acceptors (Lipinski definition) is 5. The van der Waals surface area contributed by atoms with E-state index >= 15 is 0 Å². The van der Waals surface area contributed by atoms with E-state index < -0.39 is 4.92 Å². The van der Waals surface area contributed by atoms with Crippen molar-refractivity contribution in [2.24, 2.45) is 0 Å². The molecule has 2 aromatic heterocycles. The quantitative estimate of drug-likeness (QED) is 0.696. The zero-order valence-corrected chi connectivity index (χ0v) is 11.3. The van der Waals surface area contributed by atoms with Gasteiger partial charge in [-0.2, -0.15) is 5.10 Å².